The van der Waals surface area contributed by atoms with Crippen molar-refractivity contribution in [1.29, 1.82) is 0 Å². The van der Waals surface area contributed by atoms with Crippen LogP contribution in [-0.4, -0.2) is 99.9 Å². The van der Waals surface area contributed by atoms with Gasteiger partial charge in [0, 0.05) is 61.2 Å². The Bertz CT molecular complexity index is 1700. The molecule has 2 aliphatic carbocycles. The summed E-state index contributed by atoms with van der Waals surface area (Å²) in [6, 6.07) is 11.5. The second-order valence-electron chi connectivity index (χ2n) is 14.9. The third-order valence-electron chi connectivity index (χ3n) is 11.6. The van der Waals surface area contributed by atoms with Crippen LogP contribution < -0.4 is 15.4 Å². The molecule has 3 heterocycles. The van der Waals surface area contributed by atoms with Crippen molar-refractivity contribution in [1.82, 2.24) is 4.90 Å². The number of rotatable bonds is 2. The molecule has 5 atom stereocenters. The number of carbonyl (C=O) groups excluding carboxylic acids is 2. The highest BCUT2D eigenvalue weighted by molar-refractivity contribution is 14.1. The molecular weight excluding hydrogens is 813 g/mol. The van der Waals surface area contributed by atoms with Crippen LogP contribution in [0.3, 0.4) is 0 Å². The number of nitrogens with zero attached hydrogens (tertiary/aromatic N) is 2. The third-order valence-corrected chi connectivity index (χ3v) is 14.1. The highest BCUT2D eigenvalue weighted by Crippen LogP contribution is 2.46. The first kappa shape index (κ1) is 41.1. The Kier molecular flexibility index (Phi) is 14.7. The molecule has 0 radical (unpaired) electrons. The molecule has 1 saturated carbocycles. The standard InChI is InChI=1S/C33H38ClNO5S.C6H14N2O.CH3I/c1-21-5-3-7-30(36)27-11-8-25(27)17-35-19-33(14-4-6-23-15-26(34)10-12-28(23)33)20-40-32-13-9-24(16-29(32)35)31(37)18-41(38,39)22(21)2;7-1-2-8-3-5-9-6-4-8;1-2/h3,7,9-10,12-13,15-16,21-22,25,27H,4-6,8,11,14,17-20H2,1-2H3;1-7H2;1H3/b7-3+;;/t21-,22+,25-,27+,33-;;/m0../s1. The van der Waals surface area contributed by atoms with Crippen molar-refractivity contribution in [2.45, 2.75) is 63.0 Å². The minimum Gasteiger partial charge on any atom is -0.490 e. The van der Waals surface area contributed by atoms with Gasteiger partial charge in [0.1, 0.15) is 11.5 Å². The summed E-state index contributed by atoms with van der Waals surface area (Å²) >= 11 is 8.53. The molecule has 2 fully saturated rings. The zero-order chi connectivity index (χ0) is 37.5. The lowest BCUT2D eigenvalue weighted by Crippen LogP contribution is -2.49. The number of sulfone groups is 1. The number of aryl methyl sites for hydroxylation is 1. The van der Waals surface area contributed by atoms with Gasteiger partial charge in [-0.2, -0.15) is 0 Å². The summed E-state index contributed by atoms with van der Waals surface area (Å²) in [5.41, 5.74) is 8.79. The number of alkyl halides is 1. The number of allylic oxidation sites excluding steroid dienone is 2. The number of anilines is 1. The van der Waals surface area contributed by atoms with Gasteiger partial charge in [-0.3, -0.25) is 14.5 Å². The zero-order valence-corrected chi connectivity index (χ0v) is 34.6. The van der Waals surface area contributed by atoms with Crippen molar-refractivity contribution in [2.75, 3.05) is 74.7 Å². The molecule has 9 nitrogen and oxygen atoms in total. The van der Waals surface area contributed by atoms with E-state index in [1.54, 1.807) is 19.1 Å². The Morgan fingerprint density at radius 2 is 1.83 bits per heavy atom. The first-order valence-electron chi connectivity index (χ1n) is 18.6. The fourth-order valence-corrected chi connectivity index (χ4v) is 10.0. The normalized spacial score (nSPS) is 29.4. The number of nitrogens with two attached hydrogens (primary N) is 1. The van der Waals surface area contributed by atoms with Crippen molar-refractivity contribution < 1.29 is 27.5 Å². The number of morpholine rings is 1. The Balaban J connectivity index is 0.000000412. The molecule has 52 heavy (non-hydrogen) atoms. The molecule has 3 aliphatic heterocycles. The number of fused-ring (bicyclic) bond motifs is 4. The monoisotopic (exact) mass is 867 g/mol. The topological polar surface area (TPSA) is 119 Å². The molecule has 286 valence electrons. The lowest BCUT2D eigenvalue weighted by atomic mass is 9.68. The number of ether oxygens (including phenoxy) is 2. The summed E-state index contributed by atoms with van der Waals surface area (Å²) in [7, 11) is -3.68. The van der Waals surface area contributed by atoms with Gasteiger partial charge in [0.25, 0.3) is 0 Å². The SMILES string of the molecule is CI.C[C@@H]1[C@@H](C)C/C=C/C(=O)[C@@H]2CC[C@H]2CN2C[C@@]3(CCCc4cc(Cl)ccc43)COc3ccc(cc32)C(=O)CS1(=O)=O.NCCN1CCOCC1. The van der Waals surface area contributed by atoms with E-state index in [-0.39, 0.29) is 29.0 Å². The van der Waals surface area contributed by atoms with Gasteiger partial charge in [-0.1, -0.05) is 53.3 Å². The molecular formula is C40H55ClIN3O6S. The molecule has 0 aromatic heterocycles. The van der Waals surface area contributed by atoms with E-state index in [1.807, 2.05) is 36.1 Å². The van der Waals surface area contributed by atoms with Crippen LogP contribution in [-0.2, 0) is 31.2 Å². The van der Waals surface area contributed by atoms with E-state index in [4.69, 9.17) is 26.8 Å². The second kappa shape index (κ2) is 18.5. The molecule has 2 bridgehead atoms. The van der Waals surface area contributed by atoms with E-state index in [0.717, 1.165) is 82.2 Å². The maximum Gasteiger partial charge on any atom is 0.177 e. The highest BCUT2D eigenvalue weighted by atomic mass is 127. The fraction of sp³-hybridized carbons (Fsp3) is 0.600. The van der Waals surface area contributed by atoms with E-state index in [2.05, 4.69) is 44.5 Å². The average Bonchev–Trinajstić information content (AvgIpc) is 3.27. The van der Waals surface area contributed by atoms with E-state index in [0.29, 0.717) is 37.4 Å². The van der Waals surface area contributed by atoms with Gasteiger partial charge < -0.3 is 20.1 Å². The molecule has 0 unspecified atom stereocenters. The smallest absolute Gasteiger partial charge is 0.177 e. The van der Waals surface area contributed by atoms with Crippen LogP contribution in [0.15, 0.2) is 48.6 Å². The van der Waals surface area contributed by atoms with E-state index < -0.39 is 26.6 Å². The molecule has 2 aromatic carbocycles. The lowest BCUT2D eigenvalue weighted by molar-refractivity contribution is -0.122. The number of halogens is 2. The molecule has 2 aromatic rings. The van der Waals surface area contributed by atoms with Gasteiger partial charge >= 0.3 is 0 Å². The van der Waals surface area contributed by atoms with Crippen LogP contribution >= 0.6 is 34.2 Å². The molecule has 2 N–H and O–H groups in total. The van der Waals surface area contributed by atoms with Crippen LogP contribution in [0.25, 0.3) is 0 Å². The molecule has 12 heteroatoms. The maximum absolute atomic E-state index is 13.4. The summed E-state index contributed by atoms with van der Waals surface area (Å²) in [4.78, 5) is 33.2. The van der Waals surface area contributed by atoms with Crippen LogP contribution in [0.2, 0.25) is 5.02 Å². The van der Waals surface area contributed by atoms with Gasteiger partial charge in [-0.05, 0) is 110 Å². The Morgan fingerprint density at radius 3 is 2.54 bits per heavy atom. The van der Waals surface area contributed by atoms with Crippen LogP contribution in [0, 0.1) is 17.8 Å². The van der Waals surface area contributed by atoms with Gasteiger partial charge in [0.05, 0.1) is 30.8 Å². The minimum atomic E-state index is -3.68. The van der Waals surface area contributed by atoms with Gasteiger partial charge in [-0.25, -0.2) is 8.42 Å². The van der Waals surface area contributed by atoms with E-state index in [9.17, 15) is 18.0 Å². The predicted molar refractivity (Wildman–Crippen MR) is 218 cm³/mol. The molecule has 7 rings (SSSR count). The summed E-state index contributed by atoms with van der Waals surface area (Å²) in [6.07, 6.45) is 8.74. The Labute approximate surface area is 329 Å². The first-order chi connectivity index (χ1) is 25.0. The van der Waals surface area contributed by atoms with E-state index >= 15 is 0 Å². The zero-order valence-electron chi connectivity index (χ0n) is 30.8. The number of hydrogen-bond donors (Lipinski definition) is 1. The number of Topliss-reactive ketones (excluding diaryl/α,β-unsaturated/α-hetero) is 1. The minimum absolute atomic E-state index is 0.0542. The van der Waals surface area contributed by atoms with Crippen molar-refractivity contribution >= 4 is 61.3 Å². The lowest BCUT2D eigenvalue weighted by Gasteiger charge is -2.44. The number of hydrogen-bond acceptors (Lipinski definition) is 9. The van der Waals surface area contributed by atoms with Crippen molar-refractivity contribution in [3.63, 3.8) is 0 Å². The second-order valence-corrected chi connectivity index (χ2v) is 17.7. The Morgan fingerprint density at radius 1 is 1.06 bits per heavy atom. The van der Waals surface area contributed by atoms with Crippen LogP contribution in [0.4, 0.5) is 5.69 Å². The quantitative estimate of drug-likeness (QED) is 0.274. The number of carbonyl (C=O) groups is 2. The van der Waals surface area contributed by atoms with Gasteiger partial charge in [0.15, 0.2) is 21.4 Å². The Hall–Kier alpha value is -2.03. The van der Waals surface area contributed by atoms with Gasteiger partial charge in [0.2, 0.25) is 0 Å². The van der Waals surface area contributed by atoms with Crippen molar-refractivity contribution in [3.05, 3.63) is 70.3 Å². The van der Waals surface area contributed by atoms with Gasteiger partial charge in [-0.15, -0.1) is 0 Å². The largest absolute Gasteiger partial charge is 0.490 e. The highest BCUT2D eigenvalue weighted by Gasteiger charge is 2.44. The van der Waals surface area contributed by atoms with Crippen LogP contribution in [0.1, 0.15) is 67.4 Å². The fourth-order valence-electron chi connectivity index (χ4n) is 8.21. The molecule has 0 amide bonds. The number of ketones is 2. The summed E-state index contributed by atoms with van der Waals surface area (Å²) in [6.45, 7) is 11.0. The van der Waals surface area contributed by atoms with Crippen molar-refractivity contribution in [2.24, 2.45) is 23.5 Å². The van der Waals surface area contributed by atoms with Crippen LogP contribution in [0.5, 0.6) is 5.75 Å². The molecule has 5 aliphatic rings. The summed E-state index contributed by atoms with van der Waals surface area (Å²) in [5, 5.41) is 0.0327. The van der Waals surface area contributed by atoms with E-state index in [1.165, 1.54) is 11.1 Å². The third kappa shape index (κ3) is 9.60. The molecule has 1 saturated heterocycles. The summed E-state index contributed by atoms with van der Waals surface area (Å²) in [5.74, 6) is -0.186. The van der Waals surface area contributed by atoms with Crippen molar-refractivity contribution in [3.8, 4) is 5.75 Å². The molecule has 1 spiro atoms. The predicted octanol–water partition coefficient (Wildman–Crippen LogP) is 6.32. The average molecular weight is 868 g/mol. The summed E-state index contributed by atoms with van der Waals surface area (Å²) < 4.78 is 38.1. The maximum atomic E-state index is 13.4. The first-order valence-corrected chi connectivity index (χ1v) is 22.9. The number of benzene rings is 2.